The first kappa shape index (κ1) is 14.5. The van der Waals surface area contributed by atoms with Crippen molar-refractivity contribution < 1.29 is 4.79 Å². The number of likely N-dealkylation sites (tertiary alicyclic amines) is 1. The third kappa shape index (κ3) is 3.96. The minimum atomic E-state index is -0.552. The van der Waals surface area contributed by atoms with Gasteiger partial charge in [-0.3, -0.25) is 4.79 Å². The number of primary amides is 1. The average molecular weight is 241 g/mol. The number of nitrogens with two attached hydrogens (primary N) is 1. The van der Waals surface area contributed by atoms with Gasteiger partial charge >= 0.3 is 0 Å². The van der Waals surface area contributed by atoms with Gasteiger partial charge in [-0.1, -0.05) is 13.3 Å². The van der Waals surface area contributed by atoms with E-state index in [0.29, 0.717) is 0 Å². The number of carbonyl (C=O) groups excluding carboxylic acids is 1. The van der Waals surface area contributed by atoms with Crippen LogP contribution in [0.4, 0.5) is 0 Å². The number of nitrogens with zero attached hydrogens (tertiary/aromatic N) is 1. The maximum atomic E-state index is 11.3. The normalized spacial score (nSPS) is 24.8. The van der Waals surface area contributed by atoms with Gasteiger partial charge in [0, 0.05) is 6.54 Å². The van der Waals surface area contributed by atoms with Gasteiger partial charge < -0.3 is 16.0 Å². The lowest BCUT2D eigenvalue weighted by molar-refractivity contribution is -0.123. The van der Waals surface area contributed by atoms with Gasteiger partial charge in [-0.05, 0) is 52.2 Å². The summed E-state index contributed by atoms with van der Waals surface area (Å²) in [6.45, 7) is 7.67. The smallest absolute Gasteiger partial charge is 0.237 e. The highest BCUT2D eigenvalue weighted by molar-refractivity contribution is 5.84. The second-order valence-corrected chi connectivity index (χ2v) is 5.41. The molecule has 17 heavy (non-hydrogen) atoms. The topological polar surface area (TPSA) is 58.4 Å². The Morgan fingerprint density at radius 2 is 2.29 bits per heavy atom. The molecule has 2 atom stereocenters. The lowest BCUT2D eigenvalue weighted by Crippen LogP contribution is -2.51. The van der Waals surface area contributed by atoms with Crippen LogP contribution in [0.25, 0.3) is 0 Å². The number of hydrogen-bond donors (Lipinski definition) is 2. The molecule has 4 nitrogen and oxygen atoms in total. The predicted molar refractivity (Wildman–Crippen MR) is 70.7 cm³/mol. The molecule has 0 radical (unpaired) electrons. The third-order valence-electron chi connectivity index (χ3n) is 4.19. The molecule has 0 aromatic rings. The summed E-state index contributed by atoms with van der Waals surface area (Å²) < 4.78 is 0. The summed E-state index contributed by atoms with van der Waals surface area (Å²) in [7, 11) is 1.80. The molecule has 2 unspecified atom stereocenters. The van der Waals surface area contributed by atoms with Crippen molar-refractivity contribution in [3.05, 3.63) is 0 Å². The summed E-state index contributed by atoms with van der Waals surface area (Å²) in [5, 5.41) is 3.03. The van der Waals surface area contributed by atoms with Crippen LogP contribution in [0, 0.1) is 5.92 Å². The maximum absolute atomic E-state index is 11.3. The predicted octanol–water partition coefficient (Wildman–Crippen LogP) is 0.962. The quantitative estimate of drug-likeness (QED) is 0.698. The number of hydrogen-bond acceptors (Lipinski definition) is 3. The highest BCUT2D eigenvalue weighted by Crippen LogP contribution is 2.20. The van der Waals surface area contributed by atoms with Gasteiger partial charge in [0.25, 0.3) is 0 Å². The van der Waals surface area contributed by atoms with Crippen LogP contribution in [-0.2, 0) is 4.79 Å². The van der Waals surface area contributed by atoms with E-state index in [1.54, 1.807) is 7.05 Å². The summed E-state index contributed by atoms with van der Waals surface area (Å²) >= 11 is 0. The Hall–Kier alpha value is -0.610. The van der Waals surface area contributed by atoms with Gasteiger partial charge in [-0.15, -0.1) is 0 Å². The summed E-state index contributed by atoms with van der Waals surface area (Å²) in [6.07, 6.45) is 4.45. The highest BCUT2D eigenvalue weighted by Gasteiger charge is 2.29. The maximum Gasteiger partial charge on any atom is 0.237 e. The molecule has 1 fully saturated rings. The Bertz CT molecular complexity index is 257. The zero-order valence-corrected chi connectivity index (χ0v) is 11.5. The van der Waals surface area contributed by atoms with Crippen molar-refractivity contribution >= 4 is 5.91 Å². The van der Waals surface area contributed by atoms with E-state index in [4.69, 9.17) is 5.73 Å². The van der Waals surface area contributed by atoms with Crippen molar-refractivity contribution in [3.8, 4) is 0 Å². The van der Waals surface area contributed by atoms with Crippen LogP contribution >= 0.6 is 0 Å². The van der Waals surface area contributed by atoms with Crippen molar-refractivity contribution in [2.24, 2.45) is 11.7 Å². The van der Waals surface area contributed by atoms with Crippen molar-refractivity contribution in [2.75, 3.05) is 26.7 Å². The van der Waals surface area contributed by atoms with E-state index in [0.717, 1.165) is 25.3 Å². The first-order valence-corrected chi connectivity index (χ1v) is 6.73. The van der Waals surface area contributed by atoms with Crippen molar-refractivity contribution in [1.29, 1.82) is 0 Å². The minimum Gasteiger partial charge on any atom is -0.368 e. The average Bonchev–Trinajstić information content (AvgIpc) is 2.76. The summed E-state index contributed by atoms with van der Waals surface area (Å²) in [5.41, 5.74) is 4.85. The Morgan fingerprint density at radius 3 is 2.76 bits per heavy atom. The molecule has 1 saturated heterocycles. The lowest BCUT2D eigenvalue weighted by atomic mass is 9.95. The zero-order chi connectivity index (χ0) is 12.9. The van der Waals surface area contributed by atoms with Crippen LogP contribution in [0.3, 0.4) is 0 Å². The number of nitrogens with one attached hydrogen (secondary N) is 1. The van der Waals surface area contributed by atoms with Crippen LogP contribution in [0.5, 0.6) is 0 Å². The minimum absolute atomic E-state index is 0.257. The van der Waals surface area contributed by atoms with Gasteiger partial charge in [0.05, 0.1) is 5.54 Å². The standard InChI is InChI=1S/C13H27N3O/c1-4-11-6-9-16(10-11)8-5-7-13(2,15-3)12(14)17/h11,15H,4-10H2,1-3H3,(H2,14,17). The van der Waals surface area contributed by atoms with E-state index in [-0.39, 0.29) is 5.91 Å². The second kappa shape index (κ2) is 6.36. The summed E-state index contributed by atoms with van der Waals surface area (Å²) in [6, 6.07) is 0. The molecule has 0 aromatic heterocycles. The molecule has 4 heteroatoms. The fraction of sp³-hybridized carbons (Fsp3) is 0.923. The van der Waals surface area contributed by atoms with Crippen molar-refractivity contribution in [1.82, 2.24) is 10.2 Å². The van der Waals surface area contributed by atoms with Crippen LogP contribution in [0.2, 0.25) is 0 Å². The molecular formula is C13H27N3O. The van der Waals surface area contributed by atoms with Crippen LogP contribution < -0.4 is 11.1 Å². The highest BCUT2D eigenvalue weighted by atomic mass is 16.1. The van der Waals surface area contributed by atoms with Gasteiger partial charge in [-0.2, -0.15) is 0 Å². The molecule has 3 N–H and O–H groups in total. The van der Waals surface area contributed by atoms with Gasteiger partial charge in [0.2, 0.25) is 5.91 Å². The van der Waals surface area contributed by atoms with E-state index in [1.165, 1.54) is 25.9 Å². The Kier molecular flexibility index (Phi) is 5.40. The van der Waals surface area contributed by atoms with Gasteiger partial charge in [0.15, 0.2) is 0 Å². The van der Waals surface area contributed by atoms with E-state index in [9.17, 15) is 4.79 Å². The van der Waals surface area contributed by atoms with Gasteiger partial charge in [0.1, 0.15) is 0 Å². The van der Waals surface area contributed by atoms with Crippen molar-refractivity contribution in [3.63, 3.8) is 0 Å². The molecule has 100 valence electrons. The van der Waals surface area contributed by atoms with E-state index in [2.05, 4.69) is 17.1 Å². The Labute approximate surface area is 105 Å². The Balaban J connectivity index is 2.26. The fourth-order valence-corrected chi connectivity index (χ4v) is 2.48. The van der Waals surface area contributed by atoms with E-state index >= 15 is 0 Å². The third-order valence-corrected chi connectivity index (χ3v) is 4.19. The van der Waals surface area contributed by atoms with Crippen LogP contribution in [-0.4, -0.2) is 43.0 Å². The molecule has 1 aliphatic heterocycles. The van der Waals surface area contributed by atoms with E-state index < -0.39 is 5.54 Å². The first-order chi connectivity index (χ1) is 8.01. The molecule has 0 bridgehead atoms. The molecule has 1 aliphatic rings. The lowest BCUT2D eigenvalue weighted by Gasteiger charge is -2.26. The van der Waals surface area contributed by atoms with Gasteiger partial charge in [-0.25, -0.2) is 0 Å². The largest absolute Gasteiger partial charge is 0.368 e. The number of carbonyl (C=O) groups is 1. The molecule has 1 rings (SSSR count). The number of rotatable bonds is 7. The zero-order valence-electron chi connectivity index (χ0n) is 11.5. The monoisotopic (exact) mass is 241 g/mol. The summed E-state index contributed by atoms with van der Waals surface area (Å²) in [4.78, 5) is 13.8. The molecular weight excluding hydrogens is 214 g/mol. The molecule has 0 spiro atoms. The van der Waals surface area contributed by atoms with Crippen LogP contribution in [0.15, 0.2) is 0 Å². The molecule has 0 aliphatic carbocycles. The fourth-order valence-electron chi connectivity index (χ4n) is 2.48. The number of likely N-dealkylation sites (N-methyl/N-ethyl adjacent to an activating group) is 1. The first-order valence-electron chi connectivity index (χ1n) is 6.73. The molecule has 0 aromatic carbocycles. The Morgan fingerprint density at radius 1 is 1.59 bits per heavy atom. The van der Waals surface area contributed by atoms with E-state index in [1.807, 2.05) is 6.92 Å². The SMILES string of the molecule is CCC1CCN(CCCC(C)(NC)C(N)=O)C1. The molecule has 0 saturated carbocycles. The van der Waals surface area contributed by atoms with Crippen molar-refractivity contribution in [2.45, 2.75) is 45.1 Å². The second-order valence-electron chi connectivity index (χ2n) is 5.41. The molecule has 1 amide bonds. The summed E-state index contributed by atoms with van der Waals surface area (Å²) in [5.74, 6) is 0.620. The molecule has 1 heterocycles. The van der Waals surface area contributed by atoms with Crippen LogP contribution in [0.1, 0.15) is 39.5 Å². The number of amides is 1.